The molecule has 0 atom stereocenters. The van der Waals surface area contributed by atoms with E-state index in [9.17, 15) is 83.1 Å². The highest BCUT2D eigenvalue weighted by Gasteiger charge is 2.96. The molecule has 0 radical (unpaired) electrons. The molecule has 0 unspecified atom stereocenters. The third-order valence-electron chi connectivity index (χ3n) is 5.88. The third-order valence-corrected chi connectivity index (χ3v) is 7.40. The zero-order valence-electron chi connectivity index (χ0n) is 21.3. The molecule has 0 saturated carbocycles. The summed E-state index contributed by atoms with van der Waals surface area (Å²) in [4.78, 5) is 0. The Morgan fingerprint density at radius 3 is 1.29 bits per heavy atom. The predicted octanol–water partition coefficient (Wildman–Crippen LogP) is 6.92. The summed E-state index contributed by atoms with van der Waals surface area (Å²) in [6.07, 6.45) is -5.23. The molecule has 0 aromatic carbocycles. The van der Waals surface area contributed by atoms with Crippen LogP contribution in [0.2, 0.25) is 0 Å². The smallest absolute Gasteiger partial charge is 0.328 e. The predicted molar refractivity (Wildman–Crippen MR) is 108 cm³/mol. The number of rotatable bonds is 17. The Balaban J connectivity index is 6.13. The summed E-state index contributed by atoms with van der Waals surface area (Å²) in [7, 11) is -4.13. The Kier molecular flexibility index (Phi) is 11.6. The average molecular weight is 669 g/mol. The summed E-state index contributed by atoms with van der Waals surface area (Å²) in [6.45, 7) is 1.02. The fourth-order valence-electron chi connectivity index (χ4n) is 3.20. The van der Waals surface area contributed by atoms with Gasteiger partial charge in [-0.05, 0) is 12.8 Å². The van der Waals surface area contributed by atoms with Crippen LogP contribution in [0.5, 0.6) is 0 Å². The minimum Gasteiger partial charge on any atom is -0.328 e. The summed E-state index contributed by atoms with van der Waals surface area (Å²) >= 11 is 0. The van der Waals surface area contributed by atoms with E-state index in [4.69, 9.17) is 0 Å². The molecule has 0 aliphatic rings. The SMILES string of the molecule is CCCCCC[N+](C)(C)CCCNS(=O)(=O)C(F)(F)C(F)(F)C(F)(F)C(F)(F)C(F)(F)C(F)(F)C(F)(F)C(F)(F)F. The molecule has 0 aromatic rings. The van der Waals surface area contributed by atoms with Gasteiger partial charge >= 0.3 is 47.0 Å². The molecule has 4 nitrogen and oxygen atoms in total. The van der Waals surface area contributed by atoms with Gasteiger partial charge in [-0.3, -0.25) is 0 Å². The molecule has 248 valence electrons. The summed E-state index contributed by atoms with van der Waals surface area (Å²) < 4.78 is 250. The first-order valence-corrected chi connectivity index (χ1v) is 12.8. The van der Waals surface area contributed by atoms with Crippen molar-refractivity contribution in [3.63, 3.8) is 0 Å². The second kappa shape index (κ2) is 12.0. The summed E-state index contributed by atoms with van der Waals surface area (Å²) in [5.74, 6) is -51.6. The van der Waals surface area contributed by atoms with Crippen molar-refractivity contribution in [3.05, 3.63) is 0 Å². The Morgan fingerprint density at radius 2 is 0.902 bits per heavy atom. The van der Waals surface area contributed by atoms with Gasteiger partial charge in [-0.1, -0.05) is 19.8 Å². The van der Waals surface area contributed by atoms with Gasteiger partial charge in [0.2, 0.25) is 0 Å². The fraction of sp³-hybridized carbons (Fsp3) is 1.00. The van der Waals surface area contributed by atoms with E-state index in [1.165, 1.54) is 0 Å². The van der Waals surface area contributed by atoms with Crippen LogP contribution in [0.3, 0.4) is 0 Å². The Morgan fingerprint density at radius 1 is 0.537 bits per heavy atom. The maximum absolute atomic E-state index is 14.0. The number of halogens is 17. The Hall–Kier alpha value is -1.32. The van der Waals surface area contributed by atoms with Crippen molar-refractivity contribution in [1.29, 1.82) is 0 Å². The van der Waals surface area contributed by atoms with Gasteiger partial charge in [0.25, 0.3) is 10.0 Å². The molecule has 0 spiro atoms. The molecule has 0 aliphatic carbocycles. The van der Waals surface area contributed by atoms with E-state index in [1.807, 2.05) is 6.92 Å². The first-order chi connectivity index (χ1) is 17.8. The van der Waals surface area contributed by atoms with Crippen LogP contribution in [0.1, 0.15) is 39.0 Å². The van der Waals surface area contributed by atoms with E-state index in [0.717, 1.165) is 19.3 Å². The van der Waals surface area contributed by atoms with Crippen molar-refractivity contribution < 1.29 is 87.5 Å². The molecule has 41 heavy (non-hydrogen) atoms. The van der Waals surface area contributed by atoms with Gasteiger partial charge in [0.05, 0.1) is 27.2 Å². The number of nitrogens with one attached hydrogen (secondary N) is 1. The van der Waals surface area contributed by atoms with Gasteiger partial charge in [-0.25, -0.2) is 13.1 Å². The van der Waals surface area contributed by atoms with Gasteiger partial charge in [-0.15, -0.1) is 0 Å². The van der Waals surface area contributed by atoms with Crippen LogP contribution in [0, 0.1) is 0 Å². The van der Waals surface area contributed by atoms with E-state index in [1.54, 1.807) is 14.1 Å². The van der Waals surface area contributed by atoms with Crippen molar-refractivity contribution in [3.8, 4) is 0 Å². The number of hydrogen-bond acceptors (Lipinski definition) is 2. The minimum atomic E-state index is -8.83. The van der Waals surface area contributed by atoms with Crippen LogP contribution in [-0.2, 0) is 10.0 Å². The standard InChI is InChI=1S/C19H26F17N2O2S/c1-4-5-6-7-10-38(2,3)11-8-9-37-41(39,40)19(35,36)17(30,31)15(26,27)13(22,23)12(20,21)14(24,25)16(28,29)18(32,33)34/h37H,4-11H2,1-3H3/q+1. The van der Waals surface area contributed by atoms with E-state index in [0.29, 0.717) is 17.7 Å². The third kappa shape index (κ3) is 6.93. The molecule has 0 rings (SSSR count). The topological polar surface area (TPSA) is 46.2 Å². The largest absolute Gasteiger partial charge is 0.460 e. The molecular weight excluding hydrogens is 643 g/mol. The maximum atomic E-state index is 14.0. The van der Waals surface area contributed by atoms with Crippen molar-refractivity contribution in [2.45, 2.75) is 86.0 Å². The van der Waals surface area contributed by atoms with Crippen LogP contribution in [0.4, 0.5) is 74.6 Å². The number of quaternary nitrogens is 1. The van der Waals surface area contributed by atoms with Crippen LogP contribution < -0.4 is 4.72 Å². The zero-order chi connectivity index (χ0) is 33.4. The zero-order valence-corrected chi connectivity index (χ0v) is 22.1. The molecule has 0 aliphatic heterocycles. The van der Waals surface area contributed by atoms with Gasteiger partial charge < -0.3 is 4.48 Å². The summed E-state index contributed by atoms with van der Waals surface area (Å²) in [5, 5.41) is -7.53. The number of hydrogen-bond donors (Lipinski definition) is 1. The summed E-state index contributed by atoms with van der Waals surface area (Å²) in [6, 6.07) is 0. The number of sulfonamides is 1. The fourth-order valence-corrected chi connectivity index (χ4v) is 4.26. The highest BCUT2D eigenvalue weighted by atomic mass is 32.2. The van der Waals surface area contributed by atoms with Gasteiger partial charge in [0.1, 0.15) is 0 Å². The van der Waals surface area contributed by atoms with E-state index >= 15 is 0 Å². The van der Waals surface area contributed by atoms with Crippen molar-refractivity contribution in [2.24, 2.45) is 0 Å². The summed E-state index contributed by atoms with van der Waals surface area (Å²) in [5.41, 5.74) is 0. The lowest BCUT2D eigenvalue weighted by Gasteiger charge is -2.42. The van der Waals surface area contributed by atoms with Crippen LogP contribution >= 0.6 is 0 Å². The number of alkyl halides is 17. The maximum Gasteiger partial charge on any atom is 0.460 e. The number of unbranched alkanes of at least 4 members (excludes halogenated alkanes) is 3. The normalized spacial score (nSPS) is 15.9. The molecular formula is C19H26F17N2O2S+. The van der Waals surface area contributed by atoms with E-state index in [2.05, 4.69) is 0 Å². The highest BCUT2D eigenvalue weighted by Crippen LogP contribution is 2.64. The van der Waals surface area contributed by atoms with E-state index < -0.39 is 70.0 Å². The van der Waals surface area contributed by atoms with Crippen molar-refractivity contribution in [1.82, 2.24) is 4.72 Å². The first kappa shape index (κ1) is 39.7. The minimum absolute atomic E-state index is 0.0699. The van der Waals surface area contributed by atoms with Gasteiger partial charge in [-0.2, -0.15) is 74.6 Å². The van der Waals surface area contributed by atoms with Gasteiger partial charge in [0, 0.05) is 13.0 Å². The van der Waals surface area contributed by atoms with Gasteiger partial charge in [0.15, 0.2) is 0 Å². The monoisotopic (exact) mass is 669 g/mol. The molecule has 0 aromatic heterocycles. The Labute approximate surface area is 222 Å². The second-order valence-electron chi connectivity index (χ2n) is 9.66. The van der Waals surface area contributed by atoms with E-state index in [-0.39, 0.29) is 11.0 Å². The number of nitrogens with zero attached hydrogens (tertiary/aromatic N) is 1. The quantitative estimate of drug-likeness (QED) is 0.104. The lowest BCUT2D eigenvalue weighted by Crippen LogP contribution is -2.75. The Bertz CT molecular complexity index is 978. The highest BCUT2D eigenvalue weighted by molar-refractivity contribution is 7.90. The first-order valence-electron chi connectivity index (χ1n) is 11.3. The van der Waals surface area contributed by atoms with Crippen LogP contribution in [-0.4, -0.2) is 93.6 Å². The molecule has 1 N–H and O–H groups in total. The molecule has 0 fully saturated rings. The van der Waals surface area contributed by atoms with Crippen LogP contribution in [0.15, 0.2) is 0 Å². The van der Waals surface area contributed by atoms with Crippen molar-refractivity contribution >= 4 is 10.0 Å². The lowest BCUT2D eigenvalue weighted by molar-refractivity contribution is -0.890. The molecule has 0 bridgehead atoms. The average Bonchev–Trinajstić information content (AvgIpc) is 2.78. The van der Waals surface area contributed by atoms with Crippen molar-refractivity contribution in [2.75, 3.05) is 33.7 Å². The molecule has 0 saturated heterocycles. The lowest BCUT2D eigenvalue weighted by atomic mass is 9.91. The molecule has 22 heteroatoms. The second-order valence-corrected chi connectivity index (χ2v) is 11.5. The molecule has 0 amide bonds. The van der Waals surface area contributed by atoms with Crippen LogP contribution in [0.25, 0.3) is 0 Å². The molecule has 0 heterocycles.